The van der Waals surface area contributed by atoms with Crippen molar-refractivity contribution in [1.29, 1.82) is 0 Å². The van der Waals surface area contributed by atoms with Gasteiger partial charge in [0.1, 0.15) is 11.3 Å². The first-order valence-electron chi connectivity index (χ1n) is 6.43. The van der Waals surface area contributed by atoms with Crippen LogP contribution in [0.2, 0.25) is 0 Å². The number of esters is 1. The second-order valence-corrected chi connectivity index (χ2v) is 4.53. The summed E-state index contributed by atoms with van der Waals surface area (Å²) in [5.74, 6) is 0.0828. The second kappa shape index (κ2) is 5.28. The van der Waals surface area contributed by atoms with Gasteiger partial charge in [0.05, 0.1) is 19.9 Å². The molecule has 0 atom stereocenters. The molecule has 0 aliphatic carbocycles. The minimum absolute atomic E-state index is 0.408. The van der Waals surface area contributed by atoms with Crippen molar-refractivity contribution in [2.24, 2.45) is 0 Å². The molecule has 0 spiro atoms. The topological polar surface area (TPSA) is 53.4 Å². The average Bonchev–Trinajstić information content (AvgIpc) is 3.06. The fraction of sp³-hybridized carbons (Fsp3) is 0.125. The Morgan fingerprint density at radius 1 is 1.14 bits per heavy atom. The summed E-state index contributed by atoms with van der Waals surface area (Å²) >= 11 is 0. The van der Waals surface area contributed by atoms with Crippen molar-refractivity contribution >= 4 is 16.7 Å². The van der Waals surface area contributed by atoms with Gasteiger partial charge in [-0.15, -0.1) is 0 Å². The highest BCUT2D eigenvalue weighted by Crippen LogP contribution is 2.28. The summed E-state index contributed by atoms with van der Waals surface area (Å²) in [4.78, 5) is 11.8. The molecule has 3 aromatic rings. The molecule has 2 aromatic carbocycles. The van der Waals surface area contributed by atoms with Crippen molar-refractivity contribution in [3.8, 4) is 11.4 Å². The van der Waals surface area contributed by atoms with E-state index in [0.717, 1.165) is 16.5 Å². The van der Waals surface area contributed by atoms with Crippen molar-refractivity contribution < 1.29 is 14.3 Å². The second-order valence-electron chi connectivity index (χ2n) is 4.53. The summed E-state index contributed by atoms with van der Waals surface area (Å²) in [5.41, 5.74) is 1.33. The Kier molecular flexibility index (Phi) is 3.31. The number of fused-ring (bicyclic) bond motifs is 1. The zero-order valence-electron chi connectivity index (χ0n) is 11.7. The molecule has 0 saturated carbocycles. The predicted octanol–water partition coefficient (Wildman–Crippen LogP) is 2.82. The summed E-state index contributed by atoms with van der Waals surface area (Å²) in [6, 6.07) is 11.4. The van der Waals surface area contributed by atoms with Gasteiger partial charge >= 0.3 is 5.97 Å². The monoisotopic (exact) mass is 282 g/mol. The third kappa shape index (κ3) is 2.33. The predicted molar refractivity (Wildman–Crippen MR) is 79.0 cm³/mol. The summed E-state index contributed by atoms with van der Waals surface area (Å²) < 4.78 is 11.8. The number of aromatic nitrogens is 2. The molecule has 0 saturated heterocycles. The lowest BCUT2D eigenvalue weighted by Crippen LogP contribution is -2.04. The fourth-order valence-corrected chi connectivity index (χ4v) is 2.27. The minimum atomic E-state index is -0.418. The number of nitrogens with zero attached hydrogens (tertiary/aromatic N) is 2. The van der Waals surface area contributed by atoms with Crippen LogP contribution in [0.1, 0.15) is 10.4 Å². The lowest BCUT2D eigenvalue weighted by molar-refractivity contribution is 0.0597. The average molecular weight is 282 g/mol. The van der Waals surface area contributed by atoms with Crippen molar-refractivity contribution in [2.45, 2.75) is 0 Å². The van der Waals surface area contributed by atoms with Crippen LogP contribution in [0.3, 0.4) is 0 Å². The Morgan fingerprint density at radius 2 is 2.00 bits per heavy atom. The van der Waals surface area contributed by atoms with Crippen LogP contribution in [-0.4, -0.2) is 30.0 Å². The number of hydrogen-bond donors (Lipinski definition) is 0. The van der Waals surface area contributed by atoms with Crippen molar-refractivity contribution in [2.75, 3.05) is 14.2 Å². The normalized spacial score (nSPS) is 10.6. The Hall–Kier alpha value is -2.82. The van der Waals surface area contributed by atoms with E-state index in [4.69, 9.17) is 9.47 Å². The Labute approximate surface area is 121 Å². The van der Waals surface area contributed by atoms with Crippen molar-refractivity contribution in [3.05, 3.63) is 54.4 Å². The molecule has 106 valence electrons. The van der Waals surface area contributed by atoms with Crippen LogP contribution in [0, 0.1) is 0 Å². The van der Waals surface area contributed by atoms with E-state index in [1.807, 2.05) is 36.5 Å². The lowest BCUT2D eigenvalue weighted by atomic mass is 10.0. The molecule has 0 amide bonds. The number of carbonyl (C=O) groups excluding carboxylic acids is 1. The summed E-state index contributed by atoms with van der Waals surface area (Å²) in [5, 5.41) is 6.10. The molecule has 0 fully saturated rings. The highest BCUT2D eigenvalue weighted by atomic mass is 16.5. The Morgan fingerprint density at radius 3 is 2.67 bits per heavy atom. The zero-order valence-corrected chi connectivity index (χ0v) is 11.7. The molecular formula is C16H14N2O3. The van der Waals surface area contributed by atoms with Gasteiger partial charge in [0.25, 0.3) is 0 Å². The van der Waals surface area contributed by atoms with E-state index in [0.29, 0.717) is 11.3 Å². The summed E-state index contributed by atoms with van der Waals surface area (Å²) in [6.07, 6.45) is 3.59. The molecule has 0 N–H and O–H groups in total. The van der Waals surface area contributed by atoms with Crippen LogP contribution in [0.4, 0.5) is 0 Å². The van der Waals surface area contributed by atoms with Crippen molar-refractivity contribution in [3.63, 3.8) is 0 Å². The van der Waals surface area contributed by atoms with Crippen LogP contribution < -0.4 is 4.74 Å². The first-order valence-corrected chi connectivity index (χ1v) is 6.43. The molecule has 1 aromatic heterocycles. The molecule has 21 heavy (non-hydrogen) atoms. The van der Waals surface area contributed by atoms with E-state index < -0.39 is 5.97 Å². The van der Waals surface area contributed by atoms with Gasteiger partial charge in [-0.1, -0.05) is 6.07 Å². The molecule has 0 aliphatic heterocycles. The Bertz CT molecular complexity index is 795. The van der Waals surface area contributed by atoms with Crippen LogP contribution in [0.25, 0.3) is 16.5 Å². The molecule has 0 aliphatic rings. The van der Waals surface area contributed by atoms with Gasteiger partial charge in [-0.25, -0.2) is 9.48 Å². The first-order chi connectivity index (χ1) is 10.2. The third-order valence-corrected chi connectivity index (χ3v) is 3.32. The number of benzene rings is 2. The highest BCUT2D eigenvalue weighted by Gasteiger charge is 2.14. The van der Waals surface area contributed by atoms with E-state index in [1.165, 1.54) is 14.2 Å². The maximum atomic E-state index is 11.8. The van der Waals surface area contributed by atoms with Gasteiger partial charge in [0.2, 0.25) is 0 Å². The number of hydrogen-bond acceptors (Lipinski definition) is 4. The lowest BCUT2D eigenvalue weighted by Gasteiger charge is -2.10. The summed E-state index contributed by atoms with van der Waals surface area (Å²) in [7, 11) is 2.89. The van der Waals surface area contributed by atoms with Crippen LogP contribution in [0.5, 0.6) is 5.75 Å². The molecule has 3 rings (SSSR count). The maximum Gasteiger partial charge on any atom is 0.341 e. The SMILES string of the molecule is COC(=O)c1cc2cc(-n3cccn3)ccc2cc1OC. The number of rotatable bonds is 3. The van der Waals surface area contributed by atoms with E-state index in [-0.39, 0.29) is 0 Å². The van der Waals surface area contributed by atoms with E-state index in [2.05, 4.69) is 5.10 Å². The smallest absolute Gasteiger partial charge is 0.341 e. The molecule has 5 nitrogen and oxygen atoms in total. The van der Waals surface area contributed by atoms with Gasteiger partial charge in [0, 0.05) is 12.4 Å². The van der Waals surface area contributed by atoms with Crippen LogP contribution in [0.15, 0.2) is 48.8 Å². The minimum Gasteiger partial charge on any atom is -0.496 e. The van der Waals surface area contributed by atoms with Gasteiger partial charge in [-0.3, -0.25) is 0 Å². The molecular weight excluding hydrogens is 268 g/mol. The molecule has 5 heteroatoms. The zero-order chi connectivity index (χ0) is 14.8. The molecule has 0 radical (unpaired) electrons. The molecule has 1 heterocycles. The van der Waals surface area contributed by atoms with Gasteiger partial charge < -0.3 is 9.47 Å². The standard InChI is InChI=1S/C16H14N2O3/c1-20-15-10-11-4-5-13(18-7-3-6-17-18)8-12(11)9-14(15)16(19)21-2/h3-10H,1-2H3. The highest BCUT2D eigenvalue weighted by molar-refractivity contribution is 5.99. The van der Waals surface area contributed by atoms with Crippen molar-refractivity contribution in [1.82, 2.24) is 9.78 Å². The molecule has 0 unspecified atom stereocenters. The van der Waals surface area contributed by atoms with E-state index in [9.17, 15) is 4.79 Å². The number of ether oxygens (including phenoxy) is 2. The fourth-order valence-electron chi connectivity index (χ4n) is 2.27. The van der Waals surface area contributed by atoms with E-state index in [1.54, 1.807) is 16.9 Å². The summed E-state index contributed by atoms with van der Waals surface area (Å²) in [6.45, 7) is 0. The van der Waals surface area contributed by atoms with Crippen LogP contribution >= 0.6 is 0 Å². The molecule has 0 bridgehead atoms. The third-order valence-electron chi connectivity index (χ3n) is 3.32. The largest absolute Gasteiger partial charge is 0.496 e. The quantitative estimate of drug-likeness (QED) is 0.693. The Balaban J connectivity index is 2.18. The van der Waals surface area contributed by atoms with E-state index >= 15 is 0 Å². The van der Waals surface area contributed by atoms with Gasteiger partial charge in [-0.05, 0) is 41.1 Å². The first kappa shape index (κ1) is 13.2. The maximum absolute atomic E-state index is 11.8. The number of carbonyl (C=O) groups is 1. The van der Waals surface area contributed by atoms with Crippen LogP contribution in [-0.2, 0) is 4.74 Å². The van der Waals surface area contributed by atoms with Gasteiger partial charge in [-0.2, -0.15) is 5.10 Å². The van der Waals surface area contributed by atoms with Gasteiger partial charge in [0.15, 0.2) is 0 Å². The number of methoxy groups -OCH3 is 2.